The molecular weight excluding hydrogens is 520 g/mol. The Morgan fingerprint density at radius 1 is 1.24 bits per heavy atom. The monoisotopic (exact) mass is 539 g/mol. The molecule has 0 saturated carbocycles. The minimum Gasteiger partial charge on any atom is -0.350 e. The summed E-state index contributed by atoms with van der Waals surface area (Å²) >= 11 is 14.5. The molecule has 0 bridgehead atoms. The summed E-state index contributed by atoms with van der Waals surface area (Å²) in [4.78, 5) is 30.9. The quantitative estimate of drug-likeness (QED) is 0.392. The first kappa shape index (κ1) is 24.9. The van der Waals surface area contributed by atoms with Gasteiger partial charge in [-0.2, -0.15) is 0 Å². The fraction of sp³-hybridized carbons (Fsp3) is 0.227. The highest BCUT2D eigenvalue weighted by Gasteiger charge is 2.35. The number of amides is 2. The minimum absolute atomic E-state index is 0.0790. The molecule has 34 heavy (non-hydrogen) atoms. The maximum Gasteiger partial charge on any atom is 0.242 e. The van der Waals surface area contributed by atoms with Gasteiger partial charge in [0.1, 0.15) is 16.9 Å². The third-order valence-corrected chi connectivity index (χ3v) is 7.61. The van der Waals surface area contributed by atoms with Crippen LogP contribution >= 0.6 is 46.7 Å². The van der Waals surface area contributed by atoms with E-state index >= 15 is 0 Å². The zero-order chi connectivity index (χ0) is 24.2. The molecule has 1 aromatic heterocycles. The highest BCUT2D eigenvalue weighted by molar-refractivity contribution is 7.95. The van der Waals surface area contributed by atoms with Crippen LogP contribution < -0.4 is 15.4 Å². The molecule has 1 aliphatic rings. The van der Waals surface area contributed by atoms with Crippen LogP contribution in [-0.2, 0) is 16.1 Å². The molecule has 7 nitrogen and oxygen atoms in total. The zero-order valence-corrected chi connectivity index (χ0v) is 21.0. The Hall–Kier alpha value is -2.21. The number of carbonyl (C=O) groups is 2. The van der Waals surface area contributed by atoms with Gasteiger partial charge >= 0.3 is 0 Å². The number of nitrogens with one attached hydrogen (secondary N) is 3. The Labute approximate surface area is 214 Å². The molecule has 1 saturated heterocycles. The predicted molar refractivity (Wildman–Crippen MR) is 135 cm³/mol. The van der Waals surface area contributed by atoms with E-state index in [2.05, 4.69) is 20.3 Å². The van der Waals surface area contributed by atoms with E-state index in [1.165, 1.54) is 41.7 Å². The molecule has 1 fully saturated rings. The average molecular weight is 540 g/mol. The number of rotatable bonds is 6. The number of hydrogen-bond donors (Lipinski definition) is 3. The summed E-state index contributed by atoms with van der Waals surface area (Å²) in [5, 5.41) is 7.00. The van der Waals surface area contributed by atoms with Crippen molar-refractivity contribution in [2.75, 3.05) is 12.4 Å². The molecule has 2 unspecified atom stereocenters. The highest BCUT2D eigenvalue weighted by atomic mass is 35.5. The summed E-state index contributed by atoms with van der Waals surface area (Å²) in [5.74, 6) is -1.10. The number of halogens is 3. The molecule has 3 aromatic rings. The van der Waals surface area contributed by atoms with Crippen molar-refractivity contribution in [2.45, 2.75) is 25.0 Å². The van der Waals surface area contributed by atoms with E-state index in [1.54, 1.807) is 23.6 Å². The van der Waals surface area contributed by atoms with E-state index in [0.29, 0.717) is 17.3 Å². The highest BCUT2D eigenvalue weighted by Crippen LogP contribution is 2.28. The maximum atomic E-state index is 13.4. The van der Waals surface area contributed by atoms with Gasteiger partial charge in [-0.25, -0.2) is 18.4 Å². The molecule has 12 heteroatoms. The van der Waals surface area contributed by atoms with E-state index in [-0.39, 0.29) is 23.3 Å². The van der Waals surface area contributed by atoms with Crippen molar-refractivity contribution >= 4 is 64.2 Å². The summed E-state index contributed by atoms with van der Waals surface area (Å²) < 4.78 is 18.2. The van der Waals surface area contributed by atoms with Crippen LogP contribution in [0, 0.1) is 5.82 Å². The van der Waals surface area contributed by atoms with Crippen LogP contribution in [0.5, 0.6) is 0 Å². The number of benzene rings is 2. The third kappa shape index (κ3) is 6.07. The Morgan fingerprint density at radius 3 is 2.82 bits per heavy atom. The smallest absolute Gasteiger partial charge is 0.242 e. The molecule has 0 aliphatic carbocycles. The topological polar surface area (TPSA) is 86.4 Å². The lowest BCUT2D eigenvalue weighted by Crippen LogP contribution is -2.53. The second-order valence-electron chi connectivity index (χ2n) is 7.54. The standard InChI is InChI=1S/C22H20Cl2FN5O2S2/c1-30-19(21(32)28-14-5-6-17(25)16(24)8-14)9-18(29-34-30)20(31)26-10-15-11-27-22(33-15)12-3-2-4-13(23)7-12/h2-8,11,18-19,29H,9-10H2,1H3,(H,26,31)(H,28,32). The van der Waals surface area contributed by atoms with Crippen LogP contribution in [0.2, 0.25) is 10.0 Å². The Kier molecular flexibility index (Phi) is 8.07. The van der Waals surface area contributed by atoms with E-state index in [9.17, 15) is 14.0 Å². The van der Waals surface area contributed by atoms with Gasteiger partial charge in [0.2, 0.25) is 11.8 Å². The van der Waals surface area contributed by atoms with Gasteiger partial charge in [-0.1, -0.05) is 35.3 Å². The number of anilines is 1. The lowest BCUT2D eigenvalue weighted by atomic mass is 10.1. The predicted octanol–water partition coefficient (Wildman–Crippen LogP) is 4.74. The Bertz CT molecular complexity index is 1210. The summed E-state index contributed by atoms with van der Waals surface area (Å²) in [6.07, 6.45) is 1.98. The van der Waals surface area contributed by atoms with Crippen molar-refractivity contribution in [2.24, 2.45) is 0 Å². The molecule has 178 valence electrons. The van der Waals surface area contributed by atoms with Gasteiger partial charge in [0.15, 0.2) is 0 Å². The fourth-order valence-corrected chi connectivity index (χ4v) is 5.33. The molecule has 2 aromatic carbocycles. The average Bonchev–Trinajstić information content (AvgIpc) is 3.29. The van der Waals surface area contributed by atoms with Crippen molar-refractivity contribution in [1.29, 1.82) is 0 Å². The molecule has 3 N–H and O–H groups in total. The van der Waals surface area contributed by atoms with Gasteiger partial charge in [0.25, 0.3) is 0 Å². The summed E-state index contributed by atoms with van der Waals surface area (Å²) in [5.41, 5.74) is 1.30. The number of nitrogens with zero attached hydrogens (tertiary/aromatic N) is 2. The zero-order valence-electron chi connectivity index (χ0n) is 17.8. The van der Waals surface area contributed by atoms with Gasteiger partial charge in [0.05, 0.1) is 17.6 Å². The third-order valence-electron chi connectivity index (χ3n) is 5.11. The molecule has 4 rings (SSSR count). The first-order valence-corrected chi connectivity index (χ1v) is 12.5. The molecule has 0 radical (unpaired) electrons. The van der Waals surface area contributed by atoms with E-state index in [4.69, 9.17) is 23.2 Å². The fourth-order valence-electron chi connectivity index (χ4n) is 3.30. The summed E-state index contributed by atoms with van der Waals surface area (Å²) in [6, 6.07) is 10.2. The van der Waals surface area contributed by atoms with Crippen LogP contribution in [-0.4, -0.2) is 40.2 Å². The Balaban J connectivity index is 1.33. The summed E-state index contributed by atoms with van der Waals surface area (Å²) in [6.45, 7) is 0.320. The van der Waals surface area contributed by atoms with Gasteiger partial charge in [-0.3, -0.25) is 9.59 Å². The normalized spacial score (nSPS) is 18.5. The first-order valence-electron chi connectivity index (χ1n) is 10.2. The molecule has 0 spiro atoms. The lowest BCUT2D eigenvalue weighted by molar-refractivity contribution is -0.124. The summed E-state index contributed by atoms with van der Waals surface area (Å²) in [7, 11) is 1.75. The SMILES string of the molecule is CN1SNC(C(=O)NCc2cnc(-c3cccc(Cl)c3)s2)CC1C(=O)Nc1ccc(F)c(Cl)c1. The van der Waals surface area contributed by atoms with Crippen molar-refractivity contribution in [3.05, 3.63) is 69.4 Å². The number of hydrogen-bond acceptors (Lipinski definition) is 7. The van der Waals surface area contributed by atoms with Crippen molar-refractivity contribution in [1.82, 2.24) is 19.3 Å². The molecule has 1 aliphatic heterocycles. The van der Waals surface area contributed by atoms with Gasteiger partial charge in [-0.15, -0.1) is 11.3 Å². The van der Waals surface area contributed by atoms with Crippen LogP contribution in [0.15, 0.2) is 48.7 Å². The lowest BCUT2D eigenvalue weighted by Gasteiger charge is -2.34. The number of carbonyl (C=O) groups excluding carboxylic acids is 2. The van der Waals surface area contributed by atoms with Gasteiger partial charge < -0.3 is 10.6 Å². The van der Waals surface area contributed by atoms with Crippen molar-refractivity contribution < 1.29 is 14.0 Å². The van der Waals surface area contributed by atoms with Crippen LogP contribution in [0.25, 0.3) is 10.6 Å². The number of likely N-dealkylation sites (N-methyl/N-ethyl adjacent to an activating group) is 1. The molecule has 2 atom stereocenters. The van der Waals surface area contributed by atoms with Crippen LogP contribution in [0.1, 0.15) is 11.3 Å². The van der Waals surface area contributed by atoms with Gasteiger partial charge in [-0.05, 0) is 43.8 Å². The number of thiazole rings is 1. The molecule has 2 amide bonds. The van der Waals surface area contributed by atoms with E-state index in [0.717, 1.165) is 15.4 Å². The van der Waals surface area contributed by atoms with Crippen molar-refractivity contribution in [3.63, 3.8) is 0 Å². The number of aromatic nitrogens is 1. The largest absolute Gasteiger partial charge is 0.350 e. The van der Waals surface area contributed by atoms with Crippen molar-refractivity contribution in [3.8, 4) is 10.6 Å². The minimum atomic E-state index is -0.580. The second-order valence-corrected chi connectivity index (χ2v) is 10.5. The van der Waals surface area contributed by atoms with Crippen LogP contribution in [0.4, 0.5) is 10.1 Å². The molecule has 2 heterocycles. The maximum absolute atomic E-state index is 13.4. The Morgan fingerprint density at radius 2 is 2.06 bits per heavy atom. The first-order chi connectivity index (χ1) is 16.3. The molecular formula is C22H20Cl2FN5O2S2. The van der Waals surface area contributed by atoms with E-state index in [1.807, 2.05) is 18.2 Å². The van der Waals surface area contributed by atoms with Crippen LogP contribution in [0.3, 0.4) is 0 Å². The van der Waals surface area contributed by atoms with Gasteiger partial charge in [0, 0.05) is 39.5 Å². The van der Waals surface area contributed by atoms with E-state index < -0.39 is 17.9 Å². The second kappa shape index (κ2) is 11.0.